The summed E-state index contributed by atoms with van der Waals surface area (Å²) in [6, 6.07) is 4.54. The number of carbonyl (C=O) groups excluding carboxylic acids is 1. The molecule has 1 amide bonds. The van der Waals surface area contributed by atoms with Gasteiger partial charge in [0.05, 0.1) is 11.8 Å². The van der Waals surface area contributed by atoms with Crippen LogP contribution in [0.3, 0.4) is 0 Å². The van der Waals surface area contributed by atoms with Crippen LogP contribution in [-0.2, 0) is 14.8 Å². The zero-order valence-electron chi connectivity index (χ0n) is 14.2. The predicted octanol–water partition coefficient (Wildman–Crippen LogP) is 2.54. The first kappa shape index (κ1) is 18.7. The highest BCUT2D eigenvalue weighted by molar-refractivity contribution is 7.99. The molecular formula is C17H23FN2O3S2. The van der Waals surface area contributed by atoms with E-state index in [-0.39, 0.29) is 29.4 Å². The molecule has 5 nitrogen and oxygen atoms in total. The van der Waals surface area contributed by atoms with Gasteiger partial charge in [-0.25, -0.2) is 17.1 Å². The maximum absolute atomic E-state index is 13.6. The number of piperidine rings is 1. The Balaban J connectivity index is 1.62. The molecule has 138 valence electrons. The molecule has 0 aromatic heterocycles. The Kier molecular flexibility index (Phi) is 5.70. The van der Waals surface area contributed by atoms with Crippen LogP contribution in [0.4, 0.5) is 4.39 Å². The lowest BCUT2D eigenvalue weighted by Crippen LogP contribution is -2.44. The summed E-state index contributed by atoms with van der Waals surface area (Å²) >= 11 is 1.68. The monoisotopic (exact) mass is 386 g/mol. The molecule has 1 atom stereocenters. The Morgan fingerprint density at radius 1 is 1.32 bits per heavy atom. The van der Waals surface area contributed by atoms with Crippen LogP contribution in [0.2, 0.25) is 0 Å². The molecule has 1 aromatic rings. The minimum absolute atomic E-state index is 0.0549. The van der Waals surface area contributed by atoms with Crippen LogP contribution < -0.4 is 5.32 Å². The van der Waals surface area contributed by atoms with E-state index in [1.807, 2.05) is 0 Å². The summed E-state index contributed by atoms with van der Waals surface area (Å²) in [4.78, 5) is 13.6. The Labute approximate surface area is 152 Å². The largest absolute Gasteiger partial charge is 0.349 e. The number of benzene rings is 1. The summed E-state index contributed by atoms with van der Waals surface area (Å²) in [6.45, 7) is 2.41. The van der Waals surface area contributed by atoms with Gasteiger partial charge in [-0.15, -0.1) is 11.8 Å². The highest BCUT2D eigenvalue weighted by Crippen LogP contribution is 2.36. The third-order valence-corrected chi connectivity index (χ3v) is 7.91. The van der Waals surface area contributed by atoms with Crippen molar-refractivity contribution in [3.8, 4) is 0 Å². The lowest BCUT2D eigenvalue weighted by atomic mass is 9.95. The molecule has 1 saturated heterocycles. The zero-order chi connectivity index (χ0) is 18.0. The summed E-state index contributed by atoms with van der Waals surface area (Å²) in [5.41, 5.74) is 0.843. The predicted molar refractivity (Wildman–Crippen MR) is 96.4 cm³/mol. The molecule has 2 aliphatic rings. The number of hydrogen-bond donors (Lipinski definition) is 1. The van der Waals surface area contributed by atoms with E-state index in [4.69, 9.17) is 0 Å². The van der Waals surface area contributed by atoms with Crippen molar-refractivity contribution in [3.05, 3.63) is 29.6 Å². The number of nitrogens with one attached hydrogen (secondary N) is 1. The molecule has 0 saturated carbocycles. The lowest BCUT2D eigenvalue weighted by Gasteiger charge is -2.32. The molecule has 2 aliphatic heterocycles. The second-order valence-corrected chi connectivity index (χ2v) is 9.85. The van der Waals surface area contributed by atoms with Crippen molar-refractivity contribution in [3.63, 3.8) is 0 Å². The van der Waals surface area contributed by atoms with Gasteiger partial charge in [0.25, 0.3) is 0 Å². The molecule has 1 N–H and O–H groups in total. The van der Waals surface area contributed by atoms with Crippen LogP contribution in [0, 0.1) is 11.7 Å². The number of carbonyl (C=O) groups is 1. The Hall–Kier alpha value is -1.12. The summed E-state index contributed by atoms with van der Waals surface area (Å²) in [6.07, 6.45) is 1.83. The van der Waals surface area contributed by atoms with Crippen LogP contribution in [0.15, 0.2) is 23.1 Å². The van der Waals surface area contributed by atoms with Crippen molar-refractivity contribution < 1.29 is 17.6 Å². The van der Waals surface area contributed by atoms with Crippen molar-refractivity contribution in [2.75, 3.05) is 24.6 Å². The lowest BCUT2D eigenvalue weighted by molar-refractivity contribution is -0.126. The summed E-state index contributed by atoms with van der Waals surface area (Å²) in [5, 5.41) is 3.05. The maximum Gasteiger partial charge on any atom is 0.223 e. The van der Waals surface area contributed by atoms with E-state index in [1.165, 1.54) is 16.4 Å². The highest BCUT2D eigenvalue weighted by atomic mass is 32.2. The molecule has 1 unspecified atom stereocenters. The molecule has 0 aliphatic carbocycles. The number of fused-ring (bicyclic) bond motifs is 1. The fourth-order valence-corrected chi connectivity index (χ4v) is 5.62. The maximum atomic E-state index is 13.6. The zero-order valence-corrected chi connectivity index (χ0v) is 15.8. The van der Waals surface area contributed by atoms with Crippen LogP contribution in [0.5, 0.6) is 0 Å². The van der Waals surface area contributed by atoms with Gasteiger partial charge in [0.1, 0.15) is 5.82 Å². The van der Waals surface area contributed by atoms with E-state index < -0.39 is 10.0 Å². The van der Waals surface area contributed by atoms with Crippen molar-refractivity contribution in [1.82, 2.24) is 9.62 Å². The SMILES string of the molecule is CCS(=O)(=O)N1CCC(C(=O)NC2CCSc3ccc(F)cc32)CC1. The summed E-state index contributed by atoms with van der Waals surface area (Å²) < 4.78 is 38.8. The van der Waals surface area contributed by atoms with Gasteiger partial charge in [0, 0.05) is 29.7 Å². The molecule has 0 radical (unpaired) electrons. The third-order valence-electron chi connectivity index (χ3n) is 4.91. The number of sulfonamides is 1. The first-order valence-corrected chi connectivity index (χ1v) is 11.2. The smallest absolute Gasteiger partial charge is 0.223 e. The van der Waals surface area contributed by atoms with Crippen LogP contribution in [-0.4, -0.2) is 43.2 Å². The molecule has 3 rings (SSSR count). The standard InChI is InChI=1S/C17H23FN2O3S2/c1-2-25(22,23)20-8-5-12(6-9-20)17(21)19-15-7-10-24-16-4-3-13(18)11-14(15)16/h3-4,11-12,15H,2,5-10H2,1H3,(H,19,21). The highest BCUT2D eigenvalue weighted by Gasteiger charge is 2.32. The molecule has 1 fully saturated rings. The van der Waals surface area contributed by atoms with Gasteiger partial charge in [0.15, 0.2) is 0 Å². The molecular weight excluding hydrogens is 363 g/mol. The second kappa shape index (κ2) is 7.63. The Bertz CT molecular complexity index is 746. The number of halogens is 1. The van der Waals surface area contributed by atoms with Gasteiger partial charge >= 0.3 is 0 Å². The quantitative estimate of drug-likeness (QED) is 0.864. The fraction of sp³-hybridized carbons (Fsp3) is 0.588. The molecule has 0 bridgehead atoms. The van der Waals surface area contributed by atoms with Crippen molar-refractivity contribution >= 4 is 27.7 Å². The number of rotatable bonds is 4. The van der Waals surface area contributed by atoms with Gasteiger partial charge in [-0.3, -0.25) is 4.79 Å². The number of amides is 1. The Morgan fingerprint density at radius 3 is 2.72 bits per heavy atom. The average Bonchev–Trinajstić information content (AvgIpc) is 2.62. The molecule has 2 heterocycles. The topological polar surface area (TPSA) is 66.5 Å². The first-order valence-electron chi connectivity index (χ1n) is 8.61. The third kappa shape index (κ3) is 4.17. The van der Waals surface area contributed by atoms with Gasteiger partial charge in [-0.1, -0.05) is 0 Å². The van der Waals surface area contributed by atoms with Crippen LogP contribution in [0.1, 0.15) is 37.8 Å². The van der Waals surface area contributed by atoms with Gasteiger partial charge < -0.3 is 5.32 Å². The minimum Gasteiger partial charge on any atom is -0.349 e. The van der Waals surface area contributed by atoms with Gasteiger partial charge in [0.2, 0.25) is 15.9 Å². The second-order valence-electron chi connectivity index (χ2n) is 6.45. The fourth-order valence-electron chi connectivity index (χ4n) is 3.38. The van der Waals surface area contributed by atoms with E-state index in [2.05, 4.69) is 5.32 Å². The Morgan fingerprint density at radius 2 is 2.04 bits per heavy atom. The molecule has 0 spiro atoms. The first-order chi connectivity index (χ1) is 11.9. The van der Waals surface area contributed by atoms with Crippen molar-refractivity contribution in [1.29, 1.82) is 0 Å². The molecule has 25 heavy (non-hydrogen) atoms. The number of nitrogens with zero attached hydrogens (tertiary/aromatic N) is 1. The van der Waals surface area contributed by atoms with Crippen molar-refractivity contribution in [2.45, 2.75) is 37.1 Å². The van der Waals surface area contributed by atoms with E-state index >= 15 is 0 Å². The van der Waals surface area contributed by atoms with Gasteiger partial charge in [-0.2, -0.15) is 0 Å². The van der Waals surface area contributed by atoms with Crippen LogP contribution >= 0.6 is 11.8 Å². The number of hydrogen-bond acceptors (Lipinski definition) is 4. The van der Waals surface area contributed by atoms with E-state index in [0.29, 0.717) is 25.9 Å². The van der Waals surface area contributed by atoms with E-state index in [0.717, 1.165) is 22.6 Å². The van der Waals surface area contributed by atoms with Gasteiger partial charge in [-0.05, 0) is 49.9 Å². The van der Waals surface area contributed by atoms with Crippen LogP contribution in [0.25, 0.3) is 0 Å². The van der Waals surface area contributed by atoms with Crippen molar-refractivity contribution in [2.24, 2.45) is 5.92 Å². The molecule has 1 aromatic carbocycles. The van der Waals surface area contributed by atoms with E-state index in [9.17, 15) is 17.6 Å². The normalized spacial score (nSPS) is 22.4. The number of thioether (sulfide) groups is 1. The van der Waals surface area contributed by atoms with E-state index in [1.54, 1.807) is 24.8 Å². The summed E-state index contributed by atoms with van der Waals surface area (Å²) in [5.74, 6) is 0.442. The molecule has 8 heteroatoms. The average molecular weight is 387 g/mol. The summed E-state index contributed by atoms with van der Waals surface area (Å²) in [7, 11) is -3.19. The minimum atomic E-state index is -3.19.